The molecule has 1 saturated heterocycles. The number of alkyl halides is 3. The van der Waals surface area contributed by atoms with Gasteiger partial charge in [0.15, 0.2) is 0 Å². The van der Waals surface area contributed by atoms with Crippen LogP contribution in [0, 0.1) is 11.7 Å². The van der Waals surface area contributed by atoms with Crippen LogP contribution in [0.4, 0.5) is 17.6 Å². The first-order valence-corrected chi connectivity index (χ1v) is 5.62. The van der Waals surface area contributed by atoms with Crippen molar-refractivity contribution in [3.63, 3.8) is 0 Å². The summed E-state index contributed by atoms with van der Waals surface area (Å²) in [6.07, 6.45) is -4.43. The molecule has 0 amide bonds. The summed E-state index contributed by atoms with van der Waals surface area (Å²) in [5.41, 5.74) is -0.988. The Morgan fingerprint density at radius 2 is 2.05 bits per heavy atom. The number of halogens is 4. The van der Waals surface area contributed by atoms with Crippen LogP contribution in [0.2, 0.25) is 0 Å². The monoisotopic (exact) mass is 277 g/mol. The van der Waals surface area contributed by atoms with E-state index in [4.69, 9.17) is 5.11 Å². The van der Waals surface area contributed by atoms with Crippen LogP contribution in [0.15, 0.2) is 18.2 Å². The molecule has 1 aliphatic heterocycles. The molecule has 104 valence electrons. The predicted molar refractivity (Wildman–Crippen MR) is 57.9 cm³/mol. The molecule has 1 fully saturated rings. The maximum Gasteiger partial charge on any atom is 0.416 e. The Kier molecular flexibility index (Phi) is 3.49. The van der Waals surface area contributed by atoms with Crippen molar-refractivity contribution in [2.75, 3.05) is 6.54 Å². The number of benzene rings is 1. The van der Waals surface area contributed by atoms with Crippen LogP contribution >= 0.6 is 0 Å². The Balaban J connectivity index is 2.21. The number of rotatable bonds is 2. The molecule has 1 heterocycles. The Labute approximate surface area is 106 Å². The molecule has 1 aromatic rings. The summed E-state index contributed by atoms with van der Waals surface area (Å²) >= 11 is 0. The average Bonchev–Trinajstić information content (AvgIpc) is 2.76. The lowest BCUT2D eigenvalue weighted by molar-refractivity contribution is -0.141. The number of carboxylic acid groups (broad SMARTS) is 1. The summed E-state index contributed by atoms with van der Waals surface area (Å²) in [5, 5.41) is 11.6. The molecule has 2 unspecified atom stereocenters. The van der Waals surface area contributed by atoms with Crippen LogP contribution in [-0.4, -0.2) is 17.6 Å². The standard InChI is InChI=1S/C12H11F4NO2/c13-9-4-7(12(14,15)16)1-2-8(9)10-3-6(5-17-10)11(18)19/h1-2,4,6,10,17H,3,5H2,(H,18,19). The van der Waals surface area contributed by atoms with Gasteiger partial charge in [-0.05, 0) is 18.6 Å². The molecule has 0 saturated carbocycles. The second-order valence-electron chi connectivity index (χ2n) is 4.47. The van der Waals surface area contributed by atoms with Crippen molar-refractivity contribution < 1.29 is 27.5 Å². The Morgan fingerprint density at radius 3 is 2.53 bits per heavy atom. The molecular formula is C12H11F4NO2. The Morgan fingerprint density at radius 1 is 1.37 bits per heavy atom. The van der Waals surface area contributed by atoms with Gasteiger partial charge in [0.05, 0.1) is 11.5 Å². The lowest BCUT2D eigenvalue weighted by atomic mass is 9.98. The molecule has 1 aromatic carbocycles. The van der Waals surface area contributed by atoms with Crippen molar-refractivity contribution in [2.24, 2.45) is 5.92 Å². The normalized spacial score (nSPS) is 23.6. The van der Waals surface area contributed by atoms with Crippen LogP contribution in [0.25, 0.3) is 0 Å². The van der Waals surface area contributed by atoms with Crippen LogP contribution < -0.4 is 5.32 Å². The quantitative estimate of drug-likeness (QED) is 0.817. The molecular weight excluding hydrogens is 266 g/mol. The van der Waals surface area contributed by atoms with E-state index >= 15 is 0 Å². The van der Waals surface area contributed by atoms with E-state index in [2.05, 4.69) is 5.32 Å². The molecule has 0 bridgehead atoms. The van der Waals surface area contributed by atoms with E-state index in [-0.39, 0.29) is 18.5 Å². The van der Waals surface area contributed by atoms with Crippen LogP contribution in [-0.2, 0) is 11.0 Å². The van der Waals surface area contributed by atoms with Crippen molar-refractivity contribution in [3.8, 4) is 0 Å². The van der Waals surface area contributed by atoms with Crippen molar-refractivity contribution in [1.29, 1.82) is 0 Å². The summed E-state index contributed by atoms with van der Waals surface area (Å²) in [6.45, 7) is 0.181. The molecule has 0 aromatic heterocycles. The van der Waals surface area contributed by atoms with Gasteiger partial charge < -0.3 is 10.4 Å². The largest absolute Gasteiger partial charge is 0.481 e. The van der Waals surface area contributed by atoms with Gasteiger partial charge in [0.1, 0.15) is 5.82 Å². The van der Waals surface area contributed by atoms with Crippen LogP contribution in [0.3, 0.4) is 0 Å². The fraction of sp³-hybridized carbons (Fsp3) is 0.417. The molecule has 2 atom stereocenters. The SMILES string of the molecule is O=C(O)C1CNC(c2ccc(C(F)(F)F)cc2F)C1. The van der Waals surface area contributed by atoms with E-state index in [1.54, 1.807) is 0 Å². The third-order valence-electron chi connectivity index (χ3n) is 3.18. The first-order chi connectivity index (χ1) is 8.79. The van der Waals surface area contributed by atoms with Crippen LogP contribution in [0.1, 0.15) is 23.6 Å². The molecule has 7 heteroatoms. The summed E-state index contributed by atoms with van der Waals surface area (Å²) < 4.78 is 50.8. The highest BCUT2D eigenvalue weighted by atomic mass is 19.4. The molecule has 3 nitrogen and oxygen atoms in total. The van der Waals surface area contributed by atoms with E-state index in [1.807, 2.05) is 0 Å². The van der Waals surface area contributed by atoms with E-state index < -0.39 is 35.5 Å². The third kappa shape index (κ3) is 2.86. The van der Waals surface area contributed by atoms with E-state index in [9.17, 15) is 22.4 Å². The van der Waals surface area contributed by atoms with Crippen molar-refractivity contribution >= 4 is 5.97 Å². The zero-order valence-electron chi connectivity index (χ0n) is 9.67. The number of carbonyl (C=O) groups is 1. The van der Waals surface area contributed by atoms with Gasteiger partial charge in [-0.2, -0.15) is 13.2 Å². The minimum Gasteiger partial charge on any atom is -0.481 e. The number of nitrogens with one attached hydrogen (secondary N) is 1. The van der Waals surface area contributed by atoms with Gasteiger partial charge in [0.25, 0.3) is 0 Å². The number of carboxylic acids is 1. The molecule has 19 heavy (non-hydrogen) atoms. The maximum absolute atomic E-state index is 13.7. The lowest BCUT2D eigenvalue weighted by Gasteiger charge is -2.14. The predicted octanol–water partition coefficient (Wildman–Crippen LogP) is 2.58. The molecule has 2 rings (SSSR count). The van der Waals surface area contributed by atoms with Gasteiger partial charge in [-0.3, -0.25) is 4.79 Å². The fourth-order valence-corrected chi connectivity index (χ4v) is 2.15. The van der Waals surface area contributed by atoms with Gasteiger partial charge in [0.2, 0.25) is 0 Å². The summed E-state index contributed by atoms with van der Waals surface area (Å²) in [7, 11) is 0. The topological polar surface area (TPSA) is 49.3 Å². The smallest absolute Gasteiger partial charge is 0.416 e. The maximum atomic E-state index is 13.7. The third-order valence-corrected chi connectivity index (χ3v) is 3.18. The second kappa shape index (κ2) is 4.80. The summed E-state index contributed by atoms with van der Waals surface area (Å²) in [6, 6.07) is 1.72. The summed E-state index contributed by atoms with van der Waals surface area (Å²) in [5.74, 6) is -2.62. The van der Waals surface area contributed by atoms with Gasteiger partial charge in [0, 0.05) is 18.2 Å². The molecule has 0 spiro atoms. The van der Waals surface area contributed by atoms with Crippen LogP contribution in [0.5, 0.6) is 0 Å². The fourth-order valence-electron chi connectivity index (χ4n) is 2.15. The highest BCUT2D eigenvalue weighted by molar-refractivity contribution is 5.70. The number of hydrogen-bond acceptors (Lipinski definition) is 2. The zero-order chi connectivity index (χ0) is 14.2. The van der Waals surface area contributed by atoms with Crippen molar-refractivity contribution in [2.45, 2.75) is 18.6 Å². The lowest BCUT2D eigenvalue weighted by Crippen LogP contribution is -2.18. The van der Waals surface area contributed by atoms with Crippen molar-refractivity contribution in [3.05, 3.63) is 35.1 Å². The second-order valence-corrected chi connectivity index (χ2v) is 4.47. The van der Waals surface area contributed by atoms with Gasteiger partial charge >= 0.3 is 12.1 Å². The zero-order valence-corrected chi connectivity index (χ0v) is 9.67. The van der Waals surface area contributed by atoms with E-state index in [1.165, 1.54) is 0 Å². The average molecular weight is 277 g/mol. The molecule has 1 aliphatic rings. The Hall–Kier alpha value is -1.63. The van der Waals surface area contributed by atoms with E-state index in [0.717, 1.165) is 12.1 Å². The molecule has 0 aliphatic carbocycles. The minimum atomic E-state index is -4.59. The van der Waals surface area contributed by atoms with Crippen molar-refractivity contribution in [1.82, 2.24) is 5.32 Å². The van der Waals surface area contributed by atoms with Gasteiger partial charge in [-0.15, -0.1) is 0 Å². The Bertz CT molecular complexity index is 501. The number of aliphatic carboxylic acids is 1. The number of hydrogen-bond donors (Lipinski definition) is 2. The molecule has 2 N–H and O–H groups in total. The first-order valence-electron chi connectivity index (χ1n) is 5.62. The summed E-state index contributed by atoms with van der Waals surface area (Å²) in [4.78, 5) is 10.8. The highest BCUT2D eigenvalue weighted by Crippen LogP contribution is 2.34. The minimum absolute atomic E-state index is 0.0664. The first kappa shape index (κ1) is 13.8. The molecule has 0 radical (unpaired) electrons. The van der Waals surface area contributed by atoms with Gasteiger partial charge in [-0.1, -0.05) is 6.07 Å². The highest BCUT2D eigenvalue weighted by Gasteiger charge is 2.34. The van der Waals surface area contributed by atoms with E-state index in [0.29, 0.717) is 6.07 Å². The van der Waals surface area contributed by atoms with Gasteiger partial charge in [-0.25, -0.2) is 4.39 Å².